The number of nitrogens with zero attached hydrogens (tertiary/aromatic N) is 3. The first kappa shape index (κ1) is 14.5. The summed E-state index contributed by atoms with van der Waals surface area (Å²) >= 11 is 6.09. The number of oxime groups is 1. The number of anilines is 1. The van der Waals surface area contributed by atoms with Crippen LogP contribution in [0.15, 0.2) is 23.6 Å². The molecule has 1 heterocycles. The minimum atomic E-state index is 0.183. The number of nitrogens with two attached hydrogens (primary N) is 1. The molecule has 1 aromatic heterocycles. The molecule has 1 aromatic rings. The summed E-state index contributed by atoms with van der Waals surface area (Å²) < 4.78 is 5.06. The van der Waals surface area contributed by atoms with Crippen LogP contribution in [0.5, 0.6) is 0 Å². The van der Waals surface area contributed by atoms with E-state index in [9.17, 15) is 0 Å². The van der Waals surface area contributed by atoms with E-state index >= 15 is 0 Å². The molecule has 100 valence electrons. The Balaban J connectivity index is 2.74. The second-order valence-corrected chi connectivity index (χ2v) is 4.06. The number of hydrogen-bond acceptors (Lipinski definition) is 5. The van der Waals surface area contributed by atoms with E-state index in [1.54, 1.807) is 19.5 Å². The molecule has 3 N–H and O–H groups in total. The van der Waals surface area contributed by atoms with E-state index in [0.29, 0.717) is 31.1 Å². The van der Waals surface area contributed by atoms with Gasteiger partial charge in [-0.3, -0.25) is 4.98 Å². The molecule has 0 radical (unpaired) electrons. The molecule has 0 bridgehead atoms. The molecule has 6 nitrogen and oxygen atoms in total. The second-order valence-electron chi connectivity index (χ2n) is 3.65. The fourth-order valence-corrected chi connectivity index (χ4v) is 1.72. The molecule has 0 aliphatic rings. The molecule has 18 heavy (non-hydrogen) atoms. The fraction of sp³-hybridized carbons (Fsp3) is 0.455. The van der Waals surface area contributed by atoms with Crippen LogP contribution in [0.2, 0.25) is 5.02 Å². The van der Waals surface area contributed by atoms with Crippen molar-refractivity contribution in [3.63, 3.8) is 0 Å². The summed E-state index contributed by atoms with van der Waals surface area (Å²) in [7, 11) is 1.63. The first-order valence-corrected chi connectivity index (χ1v) is 5.86. The van der Waals surface area contributed by atoms with Crippen LogP contribution in [-0.2, 0) is 4.74 Å². The van der Waals surface area contributed by atoms with Crippen molar-refractivity contribution in [3.8, 4) is 0 Å². The maximum atomic E-state index is 8.53. The highest BCUT2D eigenvalue weighted by atomic mass is 35.5. The van der Waals surface area contributed by atoms with E-state index in [1.807, 2.05) is 11.0 Å². The molecule has 0 unspecified atom stereocenters. The Labute approximate surface area is 111 Å². The van der Waals surface area contributed by atoms with Gasteiger partial charge in [-0.15, -0.1) is 0 Å². The van der Waals surface area contributed by atoms with Crippen LogP contribution in [0.25, 0.3) is 0 Å². The predicted molar refractivity (Wildman–Crippen MR) is 71.4 cm³/mol. The number of amidine groups is 1. The standard InChI is InChI=1S/C11H17ClN4O2/c1-18-7-6-16(5-3-11(13)15-17)10-2-4-14-8-9(10)12/h2,4,8,17H,3,5-7H2,1H3,(H2,13,15). The highest BCUT2D eigenvalue weighted by Gasteiger charge is 2.10. The van der Waals surface area contributed by atoms with E-state index < -0.39 is 0 Å². The quantitative estimate of drug-likeness (QED) is 0.339. The lowest BCUT2D eigenvalue weighted by molar-refractivity contribution is 0.205. The molecule has 7 heteroatoms. The van der Waals surface area contributed by atoms with Crippen molar-refractivity contribution in [2.75, 3.05) is 31.7 Å². The highest BCUT2D eigenvalue weighted by Crippen LogP contribution is 2.24. The van der Waals surface area contributed by atoms with Gasteiger partial charge in [-0.1, -0.05) is 16.8 Å². The van der Waals surface area contributed by atoms with Crippen LogP contribution in [0, 0.1) is 0 Å². The Kier molecular flexibility index (Phi) is 6.24. The van der Waals surface area contributed by atoms with Crippen molar-refractivity contribution in [1.29, 1.82) is 0 Å². The summed E-state index contributed by atoms with van der Waals surface area (Å²) in [6, 6.07) is 1.82. The van der Waals surface area contributed by atoms with Gasteiger partial charge in [0.15, 0.2) is 0 Å². The average molecular weight is 273 g/mol. The third-order valence-corrected chi connectivity index (χ3v) is 2.71. The van der Waals surface area contributed by atoms with Crippen LogP contribution < -0.4 is 10.6 Å². The number of halogens is 1. The summed E-state index contributed by atoms with van der Waals surface area (Å²) in [5, 5.41) is 12.0. The topological polar surface area (TPSA) is 84.0 Å². The second kappa shape index (κ2) is 7.73. The molecule has 0 saturated carbocycles. The molecule has 0 saturated heterocycles. The van der Waals surface area contributed by atoms with Crippen LogP contribution in [0.1, 0.15) is 6.42 Å². The van der Waals surface area contributed by atoms with Gasteiger partial charge in [0.1, 0.15) is 5.84 Å². The van der Waals surface area contributed by atoms with E-state index in [-0.39, 0.29) is 5.84 Å². The molecule has 0 spiro atoms. The fourth-order valence-electron chi connectivity index (χ4n) is 1.48. The molecule has 1 rings (SSSR count). The number of rotatable bonds is 7. The summed E-state index contributed by atoms with van der Waals surface area (Å²) in [6.07, 6.45) is 3.70. The first-order valence-electron chi connectivity index (χ1n) is 5.48. The van der Waals surface area contributed by atoms with Gasteiger partial charge in [-0.25, -0.2) is 0 Å². The van der Waals surface area contributed by atoms with E-state index in [4.69, 9.17) is 27.3 Å². The maximum absolute atomic E-state index is 8.53. The molecular weight excluding hydrogens is 256 g/mol. The van der Waals surface area contributed by atoms with Gasteiger partial charge >= 0.3 is 0 Å². The molecular formula is C11H17ClN4O2. The molecule has 0 amide bonds. The van der Waals surface area contributed by atoms with Crippen molar-refractivity contribution in [2.24, 2.45) is 10.9 Å². The maximum Gasteiger partial charge on any atom is 0.140 e. The number of methoxy groups -OCH3 is 1. The zero-order chi connectivity index (χ0) is 13.4. The zero-order valence-corrected chi connectivity index (χ0v) is 11.0. The lowest BCUT2D eigenvalue weighted by Gasteiger charge is -2.25. The van der Waals surface area contributed by atoms with Crippen molar-refractivity contribution < 1.29 is 9.94 Å². The Morgan fingerprint density at radius 1 is 1.61 bits per heavy atom. The third kappa shape index (κ3) is 4.38. The van der Waals surface area contributed by atoms with E-state index in [2.05, 4.69) is 10.1 Å². The number of aromatic nitrogens is 1. The van der Waals surface area contributed by atoms with Gasteiger partial charge in [-0.05, 0) is 6.07 Å². The summed E-state index contributed by atoms with van der Waals surface area (Å²) in [6.45, 7) is 1.82. The molecule has 0 aliphatic heterocycles. The molecule has 0 aromatic carbocycles. The minimum Gasteiger partial charge on any atom is -0.409 e. The summed E-state index contributed by atoms with van der Waals surface area (Å²) in [5.74, 6) is 0.183. The zero-order valence-electron chi connectivity index (χ0n) is 10.2. The number of ether oxygens (including phenoxy) is 1. The average Bonchev–Trinajstić information content (AvgIpc) is 2.39. The molecule has 0 atom stereocenters. The van der Waals surface area contributed by atoms with E-state index in [1.165, 1.54) is 0 Å². The number of hydrogen-bond donors (Lipinski definition) is 2. The molecule has 0 aliphatic carbocycles. The summed E-state index contributed by atoms with van der Waals surface area (Å²) in [5.41, 5.74) is 6.32. The van der Waals surface area contributed by atoms with Crippen LogP contribution in [0.4, 0.5) is 5.69 Å². The lowest BCUT2D eigenvalue weighted by Crippen LogP contribution is -2.31. The predicted octanol–water partition coefficient (Wildman–Crippen LogP) is 1.32. The van der Waals surface area contributed by atoms with Crippen LogP contribution in [0.3, 0.4) is 0 Å². The van der Waals surface area contributed by atoms with Gasteiger partial charge in [-0.2, -0.15) is 0 Å². The largest absolute Gasteiger partial charge is 0.409 e. The monoisotopic (exact) mass is 272 g/mol. The van der Waals surface area contributed by atoms with Crippen molar-refractivity contribution in [2.45, 2.75) is 6.42 Å². The SMILES string of the molecule is COCCN(CCC(N)=NO)c1ccncc1Cl. The Hall–Kier alpha value is -1.53. The van der Waals surface area contributed by atoms with Crippen molar-refractivity contribution >= 4 is 23.1 Å². The lowest BCUT2D eigenvalue weighted by atomic mass is 10.3. The van der Waals surface area contributed by atoms with Crippen LogP contribution >= 0.6 is 11.6 Å². The normalized spacial score (nSPS) is 11.6. The summed E-state index contributed by atoms with van der Waals surface area (Å²) in [4.78, 5) is 5.95. The molecule has 0 fully saturated rings. The minimum absolute atomic E-state index is 0.183. The van der Waals surface area contributed by atoms with E-state index in [0.717, 1.165) is 5.69 Å². The highest BCUT2D eigenvalue weighted by molar-refractivity contribution is 6.33. The Morgan fingerprint density at radius 2 is 2.39 bits per heavy atom. The Morgan fingerprint density at radius 3 is 3.00 bits per heavy atom. The Bertz CT molecular complexity index is 400. The van der Waals surface area contributed by atoms with Gasteiger partial charge in [0.2, 0.25) is 0 Å². The smallest absolute Gasteiger partial charge is 0.140 e. The van der Waals surface area contributed by atoms with Gasteiger partial charge in [0.25, 0.3) is 0 Å². The van der Waals surface area contributed by atoms with Gasteiger partial charge in [0, 0.05) is 39.0 Å². The van der Waals surface area contributed by atoms with Gasteiger partial charge in [0.05, 0.1) is 17.3 Å². The van der Waals surface area contributed by atoms with Crippen molar-refractivity contribution in [1.82, 2.24) is 4.98 Å². The number of pyridine rings is 1. The van der Waals surface area contributed by atoms with Crippen LogP contribution in [-0.4, -0.2) is 42.8 Å². The third-order valence-electron chi connectivity index (χ3n) is 2.42. The van der Waals surface area contributed by atoms with Crippen molar-refractivity contribution in [3.05, 3.63) is 23.5 Å². The van der Waals surface area contributed by atoms with Gasteiger partial charge < -0.3 is 20.6 Å². The first-order chi connectivity index (χ1) is 8.69.